The molecule has 5 aromatic rings. The lowest BCUT2D eigenvalue weighted by Gasteiger charge is -2.14. The fraction of sp³-hybridized carbons (Fsp3) is 0.296. The molecule has 0 aromatic carbocycles. The van der Waals surface area contributed by atoms with Crippen molar-refractivity contribution in [3.8, 4) is 22.9 Å². The maximum atomic E-state index is 6.37. The van der Waals surface area contributed by atoms with Crippen molar-refractivity contribution in [2.24, 2.45) is 5.92 Å². The number of imidazole rings is 1. The van der Waals surface area contributed by atoms with Gasteiger partial charge in [-0.05, 0) is 24.4 Å². The lowest BCUT2D eigenvalue weighted by Crippen LogP contribution is -2.12. The second kappa shape index (κ2) is 8.72. The van der Waals surface area contributed by atoms with Gasteiger partial charge in [-0.15, -0.1) is 0 Å². The molecular formula is C27H27N9O2. The van der Waals surface area contributed by atoms with Crippen molar-refractivity contribution in [3.63, 3.8) is 0 Å². The Kier molecular flexibility index (Phi) is 5.17. The largest absolute Gasteiger partial charge is 0.487 e. The minimum absolute atomic E-state index is 0.286. The number of pyridine rings is 3. The molecule has 0 amide bonds. The number of nitrogens with two attached hydrogens (primary N) is 1. The zero-order chi connectivity index (χ0) is 25.8. The first-order valence-corrected chi connectivity index (χ1v) is 12.7. The van der Waals surface area contributed by atoms with Gasteiger partial charge >= 0.3 is 0 Å². The molecule has 1 atom stereocenters. The van der Waals surface area contributed by atoms with Crippen molar-refractivity contribution in [2.75, 3.05) is 24.3 Å². The Morgan fingerprint density at radius 2 is 1.95 bits per heavy atom. The van der Waals surface area contributed by atoms with Crippen molar-refractivity contribution in [1.82, 2.24) is 34.3 Å². The van der Waals surface area contributed by atoms with Crippen molar-refractivity contribution in [3.05, 3.63) is 60.1 Å². The van der Waals surface area contributed by atoms with Crippen LogP contribution in [-0.4, -0.2) is 47.5 Å². The van der Waals surface area contributed by atoms with Crippen molar-refractivity contribution in [2.45, 2.75) is 33.4 Å². The predicted octanol–water partition coefficient (Wildman–Crippen LogP) is 3.73. The molecule has 5 aromatic heterocycles. The average molecular weight is 510 g/mol. The predicted molar refractivity (Wildman–Crippen MR) is 143 cm³/mol. The molecule has 38 heavy (non-hydrogen) atoms. The number of anilines is 3. The van der Waals surface area contributed by atoms with Crippen molar-refractivity contribution >= 4 is 28.2 Å². The third-order valence-corrected chi connectivity index (χ3v) is 7.11. The summed E-state index contributed by atoms with van der Waals surface area (Å²) in [6.45, 7) is 6.76. The van der Waals surface area contributed by atoms with Crippen LogP contribution < -0.4 is 20.5 Å². The van der Waals surface area contributed by atoms with E-state index in [0.717, 1.165) is 52.2 Å². The van der Waals surface area contributed by atoms with Crippen LogP contribution in [0.25, 0.3) is 22.0 Å². The Labute approximate surface area is 218 Å². The van der Waals surface area contributed by atoms with Gasteiger partial charge in [-0.2, -0.15) is 5.10 Å². The van der Waals surface area contributed by atoms with Crippen LogP contribution in [0.2, 0.25) is 0 Å². The smallest absolute Gasteiger partial charge is 0.257 e. The van der Waals surface area contributed by atoms with E-state index in [0.29, 0.717) is 48.7 Å². The summed E-state index contributed by atoms with van der Waals surface area (Å²) in [4.78, 5) is 18.2. The third kappa shape index (κ3) is 3.87. The van der Waals surface area contributed by atoms with Gasteiger partial charge in [-0.25, -0.2) is 19.9 Å². The number of hydrogen-bond donors (Lipinski definition) is 2. The first kappa shape index (κ1) is 22.5. The van der Waals surface area contributed by atoms with E-state index in [1.165, 1.54) is 0 Å². The van der Waals surface area contributed by atoms with Crippen LogP contribution in [0.5, 0.6) is 11.6 Å². The second-order valence-corrected chi connectivity index (χ2v) is 9.93. The standard InChI is InChI=1S/C27H27N9O2/c1-15-13-37-25-16(2)19(10-31-27(25)38-14-15)21-7-17-8-22(30-11-20(17)26(28)32-21)33-23-9-18-3-5-35-6-4-29-24(35)12-36(18)34-23/h4,6-11,15H,3,5,12-14H2,1-2H3,(H2,28,32)(H,30,33,34)/t15-/m0/s1. The normalized spacial score (nSPS) is 16.4. The van der Waals surface area contributed by atoms with E-state index < -0.39 is 0 Å². The molecule has 0 radical (unpaired) electrons. The Balaban J connectivity index is 1.21. The van der Waals surface area contributed by atoms with Crippen LogP contribution >= 0.6 is 0 Å². The van der Waals surface area contributed by atoms with E-state index >= 15 is 0 Å². The molecule has 0 unspecified atom stereocenters. The van der Waals surface area contributed by atoms with Gasteiger partial charge in [0.05, 0.1) is 25.5 Å². The molecule has 192 valence electrons. The van der Waals surface area contributed by atoms with Crippen molar-refractivity contribution in [1.29, 1.82) is 0 Å². The van der Waals surface area contributed by atoms with Gasteiger partial charge in [0, 0.05) is 71.9 Å². The molecule has 0 saturated carbocycles. The zero-order valence-corrected chi connectivity index (χ0v) is 21.2. The first-order valence-electron chi connectivity index (χ1n) is 12.7. The average Bonchev–Trinajstić information content (AvgIpc) is 3.41. The molecule has 0 saturated heterocycles. The van der Waals surface area contributed by atoms with Gasteiger partial charge < -0.3 is 25.1 Å². The molecule has 11 heteroatoms. The van der Waals surface area contributed by atoms with E-state index in [-0.39, 0.29) is 5.92 Å². The SMILES string of the molecule is Cc1c(-c2cc3cc(Nc4cc5n(n4)Cc4nccn4CC5)ncc3c(N)n2)cnc2c1OC[C@H](C)CO2. The highest BCUT2D eigenvalue weighted by atomic mass is 16.5. The number of fused-ring (bicyclic) bond motifs is 4. The summed E-state index contributed by atoms with van der Waals surface area (Å²) >= 11 is 0. The summed E-state index contributed by atoms with van der Waals surface area (Å²) < 4.78 is 16.0. The minimum Gasteiger partial charge on any atom is -0.487 e. The number of aryl methyl sites for hydroxylation is 2. The number of nitrogen functional groups attached to an aromatic ring is 1. The van der Waals surface area contributed by atoms with Crippen molar-refractivity contribution < 1.29 is 9.47 Å². The van der Waals surface area contributed by atoms with Crippen LogP contribution in [0.15, 0.2) is 43.0 Å². The number of aromatic nitrogens is 7. The summed E-state index contributed by atoms with van der Waals surface area (Å²) in [5.74, 6) is 4.28. The molecule has 3 N–H and O–H groups in total. The number of rotatable bonds is 3. The third-order valence-electron chi connectivity index (χ3n) is 7.11. The lowest BCUT2D eigenvalue weighted by atomic mass is 10.0. The zero-order valence-electron chi connectivity index (χ0n) is 21.2. The fourth-order valence-corrected chi connectivity index (χ4v) is 5.02. The van der Waals surface area contributed by atoms with E-state index in [1.807, 2.05) is 36.1 Å². The highest BCUT2D eigenvalue weighted by Crippen LogP contribution is 2.38. The Morgan fingerprint density at radius 3 is 2.87 bits per heavy atom. The van der Waals surface area contributed by atoms with Gasteiger partial charge in [-0.3, -0.25) is 4.68 Å². The first-order chi connectivity index (χ1) is 18.5. The number of nitrogens with zero attached hydrogens (tertiary/aromatic N) is 7. The molecule has 0 fully saturated rings. The molecule has 11 nitrogen and oxygen atoms in total. The molecule has 0 spiro atoms. The van der Waals surface area contributed by atoms with E-state index in [2.05, 4.69) is 42.8 Å². The lowest BCUT2D eigenvalue weighted by molar-refractivity contribution is 0.225. The van der Waals surface area contributed by atoms with Crippen LogP contribution in [0.1, 0.15) is 24.0 Å². The van der Waals surface area contributed by atoms with Crippen LogP contribution in [0, 0.1) is 12.8 Å². The van der Waals surface area contributed by atoms with Gasteiger partial charge in [0.1, 0.15) is 17.5 Å². The molecule has 7 heterocycles. The molecule has 2 aliphatic heterocycles. The molecule has 2 aliphatic rings. The number of nitrogens with one attached hydrogen (secondary N) is 1. The summed E-state index contributed by atoms with van der Waals surface area (Å²) in [5, 5.41) is 9.80. The second-order valence-electron chi connectivity index (χ2n) is 9.93. The van der Waals surface area contributed by atoms with Crippen LogP contribution in [0.4, 0.5) is 17.5 Å². The summed E-state index contributed by atoms with van der Waals surface area (Å²) in [6, 6.07) is 6.03. The molecule has 7 rings (SSSR count). The van der Waals surface area contributed by atoms with E-state index in [9.17, 15) is 0 Å². The quantitative estimate of drug-likeness (QED) is 0.373. The monoisotopic (exact) mass is 509 g/mol. The molecule has 0 bridgehead atoms. The summed E-state index contributed by atoms with van der Waals surface area (Å²) in [7, 11) is 0. The molecular weight excluding hydrogens is 482 g/mol. The van der Waals surface area contributed by atoms with Gasteiger partial charge in [0.2, 0.25) is 0 Å². The Bertz CT molecular complexity index is 1690. The Morgan fingerprint density at radius 1 is 1.05 bits per heavy atom. The van der Waals surface area contributed by atoms with Crippen LogP contribution in [-0.2, 0) is 19.5 Å². The fourth-order valence-electron chi connectivity index (χ4n) is 5.02. The maximum absolute atomic E-state index is 6.37. The maximum Gasteiger partial charge on any atom is 0.257 e. The number of hydrogen-bond acceptors (Lipinski definition) is 9. The van der Waals surface area contributed by atoms with Gasteiger partial charge in [0.15, 0.2) is 11.6 Å². The van der Waals surface area contributed by atoms with E-state index in [4.69, 9.17) is 20.3 Å². The summed E-state index contributed by atoms with van der Waals surface area (Å²) in [5.41, 5.74) is 10.00. The number of ether oxygens (including phenoxy) is 2. The highest BCUT2D eigenvalue weighted by Gasteiger charge is 2.22. The van der Waals surface area contributed by atoms with Crippen LogP contribution in [0.3, 0.4) is 0 Å². The van der Waals surface area contributed by atoms with Gasteiger partial charge in [-0.1, -0.05) is 6.92 Å². The highest BCUT2D eigenvalue weighted by molar-refractivity contribution is 5.95. The summed E-state index contributed by atoms with van der Waals surface area (Å²) in [6.07, 6.45) is 8.24. The van der Waals surface area contributed by atoms with E-state index in [1.54, 1.807) is 12.4 Å². The van der Waals surface area contributed by atoms with Gasteiger partial charge in [0.25, 0.3) is 5.88 Å². The minimum atomic E-state index is 0.286. The Hall–Kier alpha value is -4.67. The topological polar surface area (TPSA) is 131 Å². The molecule has 0 aliphatic carbocycles.